The number of fused-ring (bicyclic) bond motifs is 1. The van der Waals surface area contributed by atoms with Gasteiger partial charge in [0, 0.05) is 10.9 Å². The van der Waals surface area contributed by atoms with E-state index >= 15 is 0 Å². The monoisotopic (exact) mass is 252 g/mol. The lowest BCUT2D eigenvalue weighted by Crippen LogP contribution is -1.93. The Morgan fingerprint density at radius 2 is 2.06 bits per heavy atom. The van der Waals surface area contributed by atoms with E-state index in [9.17, 15) is 8.78 Å². The first-order valence-corrected chi connectivity index (χ1v) is 5.58. The van der Waals surface area contributed by atoms with Gasteiger partial charge in [0.2, 0.25) is 4.96 Å². The molecule has 2 N–H and O–H groups in total. The first-order chi connectivity index (χ1) is 8.15. The van der Waals surface area contributed by atoms with Gasteiger partial charge >= 0.3 is 0 Å². The second-order valence-electron chi connectivity index (χ2n) is 3.42. The first-order valence-electron chi connectivity index (χ1n) is 4.70. The van der Waals surface area contributed by atoms with Gasteiger partial charge in [-0.25, -0.2) is 8.78 Å². The van der Waals surface area contributed by atoms with Crippen molar-refractivity contribution in [3.8, 4) is 11.4 Å². The summed E-state index contributed by atoms with van der Waals surface area (Å²) in [5.74, 6) is -1.03. The molecule has 0 unspecified atom stereocenters. The molecule has 17 heavy (non-hydrogen) atoms. The third kappa shape index (κ3) is 1.55. The van der Waals surface area contributed by atoms with Crippen molar-refractivity contribution in [1.29, 1.82) is 0 Å². The molecule has 86 valence electrons. The van der Waals surface area contributed by atoms with Gasteiger partial charge in [-0.05, 0) is 18.2 Å². The topological polar surface area (TPSA) is 56.2 Å². The van der Waals surface area contributed by atoms with Gasteiger partial charge in [-0.1, -0.05) is 0 Å². The highest BCUT2D eigenvalue weighted by atomic mass is 32.1. The maximum Gasteiger partial charge on any atom is 0.214 e. The second-order valence-corrected chi connectivity index (χ2v) is 4.26. The van der Waals surface area contributed by atoms with E-state index in [4.69, 9.17) is 5.73 Å². The van der Waals surface area contributed by atoms with Crippen LogP contribution in [0, 0.1) is 11.6 Å². The van der Waals surface area contributed by atoms with Crippen LogP contribution >= 0.6 is 11.3 Å². The number of hydrogen-bond acceptors (Lipinski definition) is 4. The average Bonchev–Trinajstić information content (AvgIpc) is 2.86. The number of halogens is 2. The van der Waals surface area contributed by atoms with Crippen LogP contribution in [0.5, 0.6) is 0 Å². The lowest BCUT2D eigenvalue weighted by molar-refractivity contribution is 0.509. The van der Waals surface area contributed by atoms with Gasteiger partial charge in [0.05, 0.1) is 0 Å². The summed E-state index contributed by atoms with van der Waals surface area (Å²) in [4.78, 5) is 4.79. The summed E-state index contributed by atoms with van der Waals surface area (Å²) in [5.41, 5.74) is 6.07. The molecular weight excluding hydrogens is 246 g/mol. The van der Waals surface area contributed by atoms with Crippen molar-refractivity contribution in [3.05, 3.63) is 35.2 Å². The van der Waals surface area contributed by atoms with Crippen LogP contribution < -0.4 is 5.73 Å². The molecule has 7 heteroatoms. The van der Waals surface area contributed by atoms with Crippen LogP contribution in [0.4, 0.5) is 14.6 Å². The third-order valence-electron chi connectivity index (χ3n) is 2.28. The third-order valence-corrected chi connectivity index (χ3v) is 3.12. The minimum Gasteiger partial charge on any atom is -0.383 e. The zero-order valence-corrected chi connectivity index (χ0v) is 9.21. The average molecular weight is 252 g/mol. The van der Waals surface area contributed by atoms with Crippen molar-refractivity contribution in [2.45, 2.75) is 0 Å². The van der Waals surface area contributed by atoms with Gasteiger partial charge in [-0.15, -0.1) is 16.4 Å². The van der Waals surface area contributed by atoms with E-state index in [0.717, 1.165) is 12.1 Å². The van der Waals surface area contributed by atoms with E-state index in [0.29, 0.717) is 22.2 Å². The van der Waals surface area contributed by atoms with Gasteiger partial charge in [-0.3, -0.25) is 0 Å². The SMILES string of the molecule is Nc1csc2nc(-c3ccc(F)c(F)c3)nn12. The largest absolute Gasteiger partial charge is 0.383 e. The van der Waals surface area contributed by atoms with Crippen molar-refractivity contribution >= 4 is 22.1 Å². The zero-order chi connectivity index (χ0) is 12.0. The smallest absolute Gasteiger partial charge is 0.214 e. The van der Waals surface area contributed by atoms with Crippen molar-refractivity contribution in [1.82, 2.24) is 14.6 Å². The molecule has 1 aromatic carbocycles. The minimum atomic E-state index is -0.923. The fraction of sp³-hybridized carbons (Fsp3) is 0. The molecule has 3 rings (SSSR count). The number of anilines is 1. The molecule has 0 saturated carbocycles. The van der Waals surface area contributed by atoms with E-state index in [1.165, 1.54) is 21.9 Å². The first kappa shape index (κ1) is 10.2. The van der Waals surface area contributed by atoms with Gasteiger partial charge in [0.1, 0.15) is 5.82 Å². The molecule has 0 spiro atoms. The van der Waals surface area contributed by atoms with Gasteiger partial charge in [0.25, 0.3) is 0 Å². The Kier molecular flexibility index (Phi) is 2.08. The highest BCUT2D eigenvalue weighted by Gasteiger charge is 2.11. The predicted molar refractivity (Wildman–Crippen MR) is 60.6 cm³/mol. The molecule has 2 heterocycles. The summed E-state index contributed by atoms with van der Waals surface area (Å²) in [7, 11) is 0. The number of hydrogen-bond donors (Lipinski definition) is 1. The second kappa shape index (κ2) is 3.49. The molecule has 0 aliphatic carbocycles. The highest BCUT2D eigenvalue weighted by molar-refractivity contribution is 7.15. The predicted octanol–water partition coefficient (Wildman–Crippen LogP) is 2.32. The Hall–Kier alpha value is -2.02. The zero-order valence-electron chi connectivity index (χ0n) is 8.39. The van der Waals surface area contributed by atoms with E-state index in [-0.39, 0.29) is 0 Å². The molecule has 0 radical (unpaired) electrons. The van der Waals surface area contributed by atoms with E-state index in [1.807, 2.05) is 0 Å². The van der Waals surface area contributed by atoms with E-state index in [1.54, 1.807) is 5.38 Å². The maximum atomic E-state index is 13.1. The van der Waals surface area contributed by atoms with Crippen LogP contribution in [0.2, 0.25) is 0 Å². The number of rotatable bonds is 1. The lowest BCUT2D eigenvalue weighted by Gasteiger charge is -1.96. The van der Waals surface area contributed by atoms with Crippen molar-refractivity contribution in [2.24, 2.45) is 0 Å². The minimum absolute atomic E-state index is 0.322. The summed E-state index contributed by atoms with van der Waals surface area (Å²) < 4.78 is 27.3. The number of nitrogens with two attached hydrogens (primary N) is 1. The number of nitrogens with zero attached hydrogens (tertiary/aromatic N) is 3. The molecule has 0 atom stereocenters. The lowest BCUT2D eigenvalue weighted by atomic mass is 10.2. The molecule has 0 bridgehead atoms. The standard InChI is InChI=1S/C10H6F2N4S/c11-6-2-1-5(3-7(6)12)9-14-10-16(15-9)8(13)4-17-10/h1-4H,13H2. The summed E-state index contributed by atoms with van der Waals surface area (Å²) >= 11 is 1.33. The number of aromatic nitrogens is 3. The molecule has 2 aromatic heterocycles. The summed E-state index contributed by atoms with van der Waals surface area (Å²) in [6.07, 6.45) is 0. The fourth-order valence-corrected chi connectivity index (χ4v) is 2.17. The van der Waals surface area contributed by atoms with Gasteiger partial charge < -0.3 is 5.73 Å². The highest BCUT2D eigenvalue weighted by Crippen LogP contribution is 2.22. The van der Waals surface area contributed by atoms with Crippen LogP contribution in [-0.2, 0) is 0 Å². The molecule has 0 saturated heterocycles. The Labute approximate surface area is 98.3 Å². The Bertz CT molecular complexity index is 703. The van der Waals surface area contributed by atoms with Crippen molar-refractivity contribution in [3.63, 3.8) is 0 Å². The van der Waals surface area contributed by atoms with Crippen LogP contribution in [0.25, 0.3) is 16.3 Å². The Morgan fingerprint density at radius 1 is 1.24 bits per heavy atom. The van der Waals surface area contributed by atoms with Crippen LogP contribution in [0.1, 0.15) is 0 Å². The quantitative estimate of drug-likeness (QED) is 0.723. The molecule has 0 fully saturated rings. The molecule has 0 aliphatic rings. The van der Waals surface area contributed by atoms with Gasteiger partial charge in [-0.2, -0.15) is 9.50 Å². The molecule has 0 aliphatic heterocycles. The Morgan fingerprint density at radius 3 is 2.76 bits per heavy atom. The molecule has 4 nitrogen and oxygen atoms in total. The fourth-order valence-electron chi connectivity index (χ4n) is 1.46. The maximum absolute atomic E-state index is 13.1. The number of thiazole rings is 1. The van der Waals surface area contributed by atoms with E-state index < -0.39 is 11.6 Å². The number of nitrogen functional groups attached to an aromatic ring is 1. The summed E-state index contributed by atoms with van der Waals surface area (Å²) in [6, 6.07) is 3.53. The van der Waals surface area contributed by atoms with E-state index in [2.05, 4.69) is 10.1 Å². The van der Waals surface area contributed by atoms with Crippen LogP contribution in [0.15, 0.2) is 23.6 Å². The number of benzene rings is 1. The molecular formula is C10H6F2N4S. The normalized spacial score (nSPS) is 11.2. The van der Waals surface area contributed by atoms with Gasteiger partial charge in [0.15, 0.2) is 17.5 Å². The summed E-state index contributed by atoms with van der Waals surface area (Å²) in [5, 5.41) is 5.83. The molecule has 0 amide bonds. The van der Waals surface area contributed by atoms with Crippen molar-refractivity contribution in [2.75, 3.05) is 5.73 Å². The van der Waals surface area contributed by atoms with Crippen LogP contribution in [0.3, 0.4) is 0 Å². The molecule has 3 aromatic rings. The Balaban J connectivity index is 2.16. The van der Waals surface area contributed by atoms with Crippen molar-refractivity contribution < 1.29 is 8.78 Å². The summed E-state index contributed by atoms with van der Waals surface area (Å²) in [6.45, 7) is 0. The van der Waals surface area contributed by atoms with Crippen LogP contribution in [-0.4, -0.2) is 14.6 Å².